The zero-order chi connectivity index (χ0) is 9.42. The average Bonchev–Trinajstić information content (AvgIpc) is 2.47. The molecule has 68 valence electrons. The summed E-state index contributed by atoms with van der Waals surface area (Å²) in [5.74, 6) is 0. The van der Waals surface area contributed by atoms with E-state index >= 15 is 0 Å². The zero-order valence-corrected chi connectivity index (χ0v) is 7.39. The summed E-state index contributed by atoms with van der Waals surface area (Å²) in [4.78, 5) is 2.31. The molecule has 2 rings (SSSR count). The van der Waals surface area contributed by atoms with Gasteiger partial charge in [0, 0.05) is 31.0 Å². The lowest BCUT2D eigenvalue weighted by Gasteiger charge is -2.10. The molecule has 2 aromatic rings. The van der Waals surface area contributed by atoms with Crippen LogP contribution in [-0.4, -0.2) is 19.3 Å². The lowest BCUT2D eigenvalue weighted by molar-refractivity contribution is -0.782. The number of benzene rings is 1. The van der Waals surface area contributed by atoms with E-state index in [2.05, 4.69) is 9.79 Å². The Morgan fingerprint density at radius 2 is 2.23 bits per heavy atom. The highest BCUT2D eigenvalue weighted by atomic mass is 16.8. The van der Waals surface area contributed by atoms with Crippen molar-refractivity contribution >= 4 is 16.7 Å². The Balaban J connectivity index is 2.66. The van der Waals surface area contributed by atoms with Gasteiger partial charge in [-0.25, -0.2) is 0 Å². The Labute approximate surface area is 74.7 Å². The van der Waals surface area contributed by atoms with E-state index in [0.717, 1.165) is 5.69 Å². The second kappa shape index (κ2) is 2.62. The van der Waals surface area contributed by atoms with Crippen LogP contribution in [0, 0.1) is 5.21 Å². The SMILES string of the molecule is CN(C)c1ccc2no[n+]([O-])c2c1. The molecule has 5 nitrogen and oxygen atoms in total. The Bertz CT molecular complexity index is 436. The van der Waals surface area contributed by atoms with Gasteiger partial charge in [-0.1, -0.05) is 0 Å². The summed E-state index contributed by atoms with van der Waals surface area (Å²) in [5, 5.41) is 14.6. The van der Waals surface area contributed by atoms with E-state index in [0.29, 0.717) is 15.9 Å². The van der Waals surface area contributed by atoms with Crippen LogP contribution in [0.4, 0.5) is 5.69 Å². The van der Waals surface area contributed by atoms with Crippen LogP contribution in [0.3, 0.4) is 0 Å². The first kappa shape index (κ1) is 7.85. The predicted molar refractivity (Wildman–Crippen MR) is 47.3 cm³/mol. The molecule has 0 aliphatic heterocycles. The highest BCUT2D eigenvalue weighted by Gasteiger charge is 2.09. The van der Waals surface area contributed by atoms with Crippen molar-refractivity contribution in [1.29, 1.82) is 0 Å². The monoisotopic (exact) mass is 179 g/mol. The van der Waals surface area contributed by atoms with Gasteiger partial charge in [0.15, 0.2) is 0 Å². The molecule has 0 fully saturated rings. The molecule has 0 radical (unpaired) electrons. The maximum Gasteiger partial charge on any atom is 0.248 e. The van der Waals surface area contributed by atoms with Crippen LogP contribution in [0.5, 0.6) is 0 Å². The molecule has 0 saturated heterocycles. The van der Waals surface area contributed by atoms with Crippen molar-refractivity contribution in [2.75, 3.05) is 19.0 Å². The van der Waals surface area contributed by atoms with E-state index in [9.17, 15) is 5.21 Å². The van der Waals surface area contributed by atoms with Crippen molar-refractivity contribution in [2.45, 2.75) is 0 Å². The fourth-order valence-electron chi connectivity index (χ4n) is 1.14. The minimum absolute atomic E-state index is 0.405. The minimum atomic E-state index is 0.405. The first-order valence-corrected chi connectivity index (χ1v) is 3.85. The standard InChI is InChI=1S/C8H9N3O2/c1-10(2)6-3-4-7-8(5-6)11(12)13-9-7/h3-5H,1-2H3. The van der Waals surface area contributed by atoms with Gasteiger partial charge in [-0.15, -0.1) is 0 Å². The lowest BCUT2D eigenvalue weighted by atomic mass is 10.2. The number of rotatable bonds is 1. The van der Waals surface area contributed by atoms with Crippen LogP contribution in [0.15, 0.2) is 22.8 Å². The fourth-order valence-corrected chi connectivity index (χ4v) is 1.14. The van der Waals surface area contributed by atoms with Crippen molar-refractivity contribution in [1.82, 2.24) is 5.16 Å². The molecule has 0 N–H and O–H groups in total. The first-order valence-electron chi connectivity index (χ1n) is 3.85. The number of aromatic nitrogens is 2. The summed E-state index contributed by atoms with van der Waals surface area (Å²) in [5.41, 5.74) is 1.96. The van der Waals surface area contributed by atoms with Crippen molar-refractivity contribution < 1.29 is 9.53 Å². The molecule has 13 heavy (non-hydrogen) atoms. The normalized spacial score (nSPS) is 10.6. The second-order valence-corrected chi connectivity index (χ2v) is 3.00. The number of anilines is 1. The molecule has 0 bridgehead atoms. The molecule has 0 spiro atoms. The largest absolute Gasteiger partial charge is 0.378 e. The van der Waals surface area contributed by atoms with Gasteiger partial charge in [0.2, 0.25) is 11.0 Å². The molecule has 0 aliphatic carbocycles. The average molecular weight is 179 g/mol. The third kappa shape index (κ3) is 1.18. The summed E-state index contributed by atoms with van der Waals surface area (Å²) in [7, 11) is 3.81. The smallest absolute Gasteiger partial charge is 0.248 e. The molecule has 1 heterocycles. The van der Waals surface area contributed by atoms with Crippen LogP contribution in [-0.2, 0) is 0 Å². The maximum absolute atomic E-state index is 11.0. The van der Waals surface area contributed by atoms with Crippen molar-refractivity contribution in [2.24, 2.45) is 0 Å². The molecular formula is C8H9N3O2. The van der Waals surface area contributed by atoms with Crippen molar-refractivity contribution in [3.05, 3.63) is 23.4 Å². The van der Waals surface area contributed by atoms with Crippen molar-refractivity contribution in [3.63, 3.8) is 0 Å². The van der Waals surface area contributed by atoms with Gasteiger partial charge in [-0.2, -0.15) is 0 Å². The molecule has 1 aromatic carbocycles. The van der Waals surface area contributed by atoms with E-state index < -0.39 is 0 Å². The van der Waals surface area contributed by atoms with E-state index in [4.69, 9.17) is 0 Å². The van der Waals surface area contributed by atoms with Gasteiger partial charge in [0.05, 0.1) is 0 Å². The molecule has 0 unspecified atom stereocenters. The molecular weight excluding hydrogens is 170 g/mol. The summed E-state index contributed by atoms with van der Waals surface area (Å²) in [6, 6.07) is 5.37. The third-order valence-corrected chi connectivity index (χ3v) is 1.89. The van der Waals surface area contributed by atoms with Gasteiger partial charge in [-0.05, 0) is 17.0 Å². The summed E-state index contributed by atoms with van der Waals surface area (Å²) >= 11 is 0. The van der Waals surface area contributed by atoms with E-state index in [1.165, 1.54) is 0 Å². The maximum atomic E-state index is 11.0. The Morgan fingerprint density at radius 1 is 1.46 bits per heavy atom. The highest BCUT2D eigenvalue weighted by Crippen LogP contribution is 2.16. The topological polar surface area (TPSA) is 56.2 Å². The molecule has 1 aromatic heterocycles. The van der Waals surface area contributed by atoms with Crippen LogP contribution in [0.1, 0.15) is 0 Å². The Morgan fingerprint density at radius 3 is 2.92 bits per heavy atom. The van der Waals surface area contributed by atoms with Gasteiger partial charge >= 0.3 is 0 Å². The van der Waals surface area contributed by atoms with E-state index in [1.54, 1.807) is 12.1 Å². The van der Waals surface area contributed by atoms with Crippen LogP contribution in [0.2, 0.25) is 0 Å². The Hall–Kier alpha value is -1.78. The Kier molecular flexibility index (Phi) is 1.58. The molecule has 0 atom stereocenters. The zero-order valence-electron chi connectivity index (χ0n) is 7.39. The summed E-state index contributed by atoms with van der Waals surface area (Å²) < 4.78 is 4.44. The first-order chi connectivity index (χ1) is 6.18. The molecule has 0 saturated carbocycles. The third-order valence-electron chi connectivity index (χ3n) is 1.89. The number of nitrogens with zero attached hydrogens (tertiary/aromatic N) is 3. The minimum Gasteiger partial charge on any atom is -0.378 e. The quantitative estimate of drug-likeness (QED) is 0.599. The van der Waals surface area contributed by atoms with Crippen LogP contribution < -0.4 is 9.80 Å². The van der Waals surface area contributed by atoms with Gasteiger partial charge < -0.3 is 10.1 Å². The van der Waals surface area contributed by atoms with E-state index in [1.807, 2.05) is 25.1 Å². The van der Waals surface area contributed by atoms with Crippen LogP contribution >= 0.6 is 0 Å². The number of hydrogen-bond acceptors (Lipinski definition) is 4. The van der Waals surface area contributed by atoms with Crippen LogP contribution in [0.25, 0.3) is 11.0 Å². The highest BCUT2D eigenvalue weighted by molar-refractivity contribution is 5.75. The second-order valence-electron chi connectivity index (χ2n) is 3.00. The number of hydrogen-bond donors (Lipinski definition) is 0. The van der Waals surface area contributed by atoms with Gasteiger partial charge in [0.1, 0.15) is 0 Å². The van der Waals surface area contributed by atoms with Gasteiger partial charge in [-0.3, -0.25) is 4.63 Å². The van der Waals surface area contributed by atoms with E-state index in [-0.39, 0.29) is 0 Å². The number of fused-ring (bicyclic) bond motifs is 1. The van der Waals surface area contributed by atoms with Crippen molar-refractivity contribution in [3.8, 4) is 0 Å². The predicted octanol–water partition coefficient (Wildman–Crippen LogP) is 0.527. The molecule has 0 aliphatic rings. The molecule has 0 amide bonds. The molecule has 5 heteroatoms. The summed E-state index contributed by atoms with van der Waals surface area (Å²) in [6.07, 6.45) is 0. The fraction of sp³-hybridized carbons (Fsp3) is 0.250. The lowest BCUT2D eigenvalue weighted by Crippen LogP contribution is -2.22. The van der Waals surface area contributed by atoms with Gasteiger partial charge in [0.25, 0.3) is 0 Å². The summed E-state index contributed by atoms with van der Waals surface area (Å²) in [6.45, 7) is 0.